The van der Waals surface area contributed by atoms with Crippen LogP contribution in [0.2, 0.25) is 0 Å². The summed E-state index contributed by atoms with van der Waals surface area (Å²) in [5.41, 5.74) is 1.06. The summed E-state index contributed by atoms with van der Waals surface area (Å²) in [5.74, 6) is 0.291. The van der Waals surface area contributed by atoms with Crippen LogP contribution < -0.4 is 10.1 Å². The lowest BCUT2D eigenvalue weighted by Gasteiger charge is -2.18. The molecule has 132 valence electrons. The fourth-order valence-corrected chi connectivity index (χ4v) is 3.56. The molecule has 0 bridgehead atoms. The number of benzene rings is 2. The van der Waals surface area contributed by atoms with Crippen molar-refractivity contribution >= 4 is 22.9 Å². The predicted octanol–water partition coefficient (Wildman–Crippen LogP) is 4.83. The molecule has 3 aromatic rings. The third-order valence-corrected chi connectivity index (χ3v) is 4.75. The van der Waals surface area contributed by atoms with E-state index in [4.69, 9.17) is 4.74 Å². The van der Waals surface area contributed by atoms with E-state index in [0.717, 1.165) is 17.4 Å². The summed E-state index contributed by atoms with van der Waals surface area (Å²) in [6.45, 7) is -0.0403. The van der Waals surface area contributed by atoms with Crippen molar-refractivity contribution in [2.24, 2.45) is 0 Å². The molecule has 1 aliphatic rings. The molecule has 1 aliphatic heterocycles. The Morgan fingerprint density at radius 3 is 2.77 bits per heavy atom. The molecule has 0 unspecified atom stereocenters. The molecule has 4 nitrogen and oxygen atoms in total. The quantitative estimate of drug-likeness (QED) is 0.697. The first kappa shape index (κ1) is 16.6. The van der Waals surface area contributed by atoms with Crippen LogP contribution in [0.25, 0.3) is 21.8 Å². The second-order valence-electron chi connectivity index (χ2n) is 5.63. The topological polar surface area (TPSA) is 51.2 Å². The summed E-state index contributed by atoms with van der Waals surface area (Å²) < 4.78 is 44.9. The maximum Gasteiger partial charge on any atom is 0.417 e. The number of rotatable bonds is 2. The van der Waals surface area contributed by atoms with Crippen LogP contribution in [0.15, 0.2) is 47.8 Å². The molecule has 2 aromatic carbocycles. The van der Waals surface area contributed by atoms with Gasteiger partial charge in [-0.05, 0) is 24.3 Å². The first-order chi connectivity index (χ1) is 12.4. The van der Waals surface area contributed by atoms with Crippen molar-refractivity contribution in [3.63, 3.8) is 0 Å². The molecule has 0 fully saturated rings. The minimum absolute atomic E-state index is 0.0403. The number of aromatic nitrogens is 1. The van der Waals surface area contributed by atoms with Crippen LogP contribution in [0.5, 0.6) is 5.75 Å². The van der Waals surface area contributed by atoms with E-state index in [0.29, 0.717) is 22.7 Å². The number of halogens is 3. The highest BCUT2D eigenvalue weighted by molar-refractivity contribution is 7.13. The Kier molecular flexibility index (Phi) is 3.91. The minimum Gasteiger partial charge on any atom is -0.482 e. The highest BCUT2D eigenvalue weighted by Crippen LogP contribution is 2.39. The number of nitrogens with one attached hydrogen (secondary N) is 1. The highest BCUT2D eigenvalue weighted by atomic mass is 32.1. The lowest BCUT2D eigenvalue weighted by molar-refractivity contribution is -0.137. The summed E-state index contributed by atoms with van der Waals surface area (Å²) >= 11 is 1.14. The molecule has 0 spiro atoms. The number of fused-ring (bicyclic) bond motifs is 1. The van der Waals surface area contributed by atoms with Crippen molar-refractivity contribution in [3.05, 3.63) is 53.4 Å². The Morgan fingerprint density at radius 2 is 1.96 bits per heavy atom. The van der Waals surface area contributed by atoms with Crippen molar-refractivity contribution in [2.45, 2.75) is 6.18 Å². The molecule has 0 saturated carbocycles. The lowest BCUT2D eigenvalue weighted by atomic mass is 10.1. The highest BCUT2D eigenvalue weighted by Gasteiger charge is 2.34. The zero-order chi connectivity index (χ0) is 18.3. The molecule has 0 atom stereocenters. The van der Waals surface area contributed by atoms with Gasteiger partial charge in [-0.1, -0.05) is 18.2 Å². The number of thiazole rings is 1. The maximum absolute atomic E-state index is 13.2. The number of anilines is 1. The first-order valence-electron chi connectivity index (χ1n) is 7.61. The number of alkyl halides is 3. The normalized spacial score (nSPS) is 13.7. The first-order valence-corrected chi connectivity index (χ1v) is 8.49. The molecule has 0 saturated heterocycles. The van der Waals surface area contributed by atoms with Gasteiger partial charge >= 0.3 is 6.18 Å². The summed E-state index contributed by atoms with van der Waals surface area (Å²) in [5, 5.41) is 4.67. The third kappa shape index (κ3) is 3.03. The number of carbonyl (C=O) groups excluding carboxylic acids is 1. The van der Waals surface area contributed by atoms with E-state index >= 15 is 0 Å². The number of carbonyl (C=O) groups is 1. The number of hydrogen-bond donors (Lipinski definition) is 1. The smallest absolute Gasteiger partial charge is 0.417 e. The van der Waals surface area contributed by atoms with Gasteiger partial charge in [0.25, 0.3) is 5.91 Å². The molecular formula is C18H11F3N2O2S. The molecule has 1 aromatic heterocycles. The van der Waals surface area contributed by atoms with Gasteiger partial charge < -0.3 is 10.1 Å². The molecule has 0 aliphatic carbocycles. The summed E-state index contributed by atoms with van der Waals surface area (Å²) in [4.78, 5) is 15.8. The molecule has 2 heterocycles. The van der Waals surface area contributed by atoms with Gasteiger partial charge in [-0.2, -0.15) is 13.2 Å². The largest absolute Gasteiger partial charge is 0.482 e. The lowest BCUT2D eigenvalue weighted by Crippen LogP contribution is -2.25. The molecule has 0 radical (unpaired) electrons. The third-order valence-electron chi connectivity index (χ3n) is 3.88. The zero-order valence-electron chi connectivity index (χ0n) is 13.1. The van der Waals surface area contributed by atoms with Gasteiger partial charge in [0.15, 0.2) is 6.61 Å². The standard InChI is InChI=1S/C18H11F3N2O2S/c19-18(20,21)12-4-2-1-3-11(12)17-23-14(9-26-17)10-5-6-15-13(7-10)22-16(24)8-25-15/h1-7,9H,8H2,(H,22,24). The van der Waals surface area contributed by atoms with Gasteiger partial charge in [0.1, 0.15) is 10.8 Å². The van der Waals surface area contributed by atoms with E-state index in [1.165, 1.54) is 12.1 Å². The van der Waals surface area contributed by atoms with E-state index in [-0.39, 0.29) is 23.1 Å². The van der Waals surface area contributed by atoms with Crippen LogP contribution in [0.1, 0.15) is 5.56 Å². The molecular weight excluding hydrogens is 365 g/mol. The number of nitrogens with zero attached hydrogens (tertiary/aromatic N) is 1. The van der Waals surface area contributed by atoms with Gasteiger partial charge in [0.05, 0.1) is 16.9 Å². The SMILES string of the molecule is O=C1COc2ccc(-c3csc(-c4ccccc4C(F)(F)F)n3)cc2N1. The van der Waals surface area contributed by atoms with Crippen molar-refractivity contribution < 1.29 is 22.7 Å². The van der Waals surface area contributed by atoms with Crippen molar-refractivity contribution in [2.75, 3.05) is 11.9 Å². The summed E-state index contributed by atoms with van der Waals surface area (Å²) in [6, 6.07) is 10.5. The summed E-state index contributed by atoms with van der Waals surface area (Å²) in [6.07, 6.45) is -4.45. The van der Waals surface area contributed by atoms with E-state index < -0.39 is 11.7 Å². The Hall–Kier alpha value is -2.87. The maximum atomic E-state index is 13.2. The van der Waals surface area contributed by atoms with Gasteiger partial charge in [-0.25, -0.2) is 4.98 Å². The van der Waals surface area contributed by atoms with Gasteiger partial charge in [-0.15, -0.1) is 11.3 Å². The van der Waals surface area contributed by atoms with Crippen molar-refractivity contribution in [1.82, 2.24) is 4.98 Å². The second kappa shape index (κ2) is 6.14. The molecule has 8 heteroatoms. The Balaban J connectivity index is 1.72. The number of hydrogen-bond acceptors (Lipinski definition) is 4. The average Bonchev–Trinajstić information content (AvgIpc) is 3.10. The van der Waals surface area contributed by atoms with Crippen LogP contribution in [0.3, 0.4) is 0 Å². The van der Waals surface area contributed by atoms with Crippen LogP contribution in [-0.2, 0) is 11.0 Å². The van der Waals surface area contributed by atoms with Gasteiger partial charge in [-0.3, -0.25) is 4.79 Å². The zero-order valence-corrected chi connectivity index (χ0v) is 13.9. The van der Waals surface area contributed by atoms with E-state index in [1.54, 1.807) is 29.6 Å². The fourth-order valence-electron chi connectivity index (χ4n) is 2.69. The Morgan fingerprint density at radius 1 is 1.15 bits per heavy atom. The average molecular weight is 376 g/mol. The monoisotopic (exact) mass is 376 g/mol. The minimum atomic E-state index is -4.45. The Bertz CT molecular complexity index is 998. The molecule has 26 heavy (non-hydrogen) atoms. The molecule has 1 N–H and O–H groups in total. The second-order valence-corrected chi connectivity index (χ2v) is 6.49. The van der Waals surface area contributed by atoms with Gasteiger partial charge in [0.2, 0.25) is 0 Å². The number of ether oxygens (including phenoxy) is 1. The van der Waals surface area contributed by atoms with Crippen LogP contribution >= 0.6 is 11.3 Å². The number of amides is 1. The van der Waals surface area contributed by atoms with Crippen molar-refractivity contribution in [1.29, 1.82) is 0 Å². The van der Waals surface area contributed by atoms with E-state index in [9.17, 15) is 18.0 Å². The molecule has 1 amide bonds. The Labute approximate surface area is 150 Å². The van der Waals surface area contributed by atoms with Crippen LogP contribution in [0, 0.1) is 0 Å². The summed E-state index contributed by atoms with van der Waals surface area (Å²) in [7, 11) is 0. The predicted molar refractivity (Wildman–Crippen MR) is 92.1 cm³/mol. The van der Waals surface area contributed by atoms with E-state index in [2.05, 4.69) is 10.3 Å². The van der Waals surface area contributed by atoms with Crippen LogP contribution in [-0.4, -0.2) is 17.5 Å². The fraction of sp³-hybridized carbons (Fsp3) is 0.111. The molecule has 4 rings (SSSR count). The van der Waals surface area contributed by atoms with E-state index in [1.807, 2.05) is 0 Å². The van der Waals surface area contributed by atoms with Crippen molar-refractivity contribution in [3.8, 4) is 27.6 Å². The van der Waals surface area contributed by atoms with Crippen LogP contribution in [0.4, 0.5) is 18.9 Å². The van der Waals surface area contributed by atoms with Gasteiger partial charge in [0, 0.05) is 16.5 Å².